The molecule has 0 heterocycles. The fraction of sp³-hybridized carbons (Fsp3) is 1.00. The molecular weight excluding hydrogens is 244 g/mol. The maximum absolute atomic E-state index is 3.78. The Morgan fingerprint density at radius 2 is 1.85 bits per heavy atom. The minimum atomic E-state index is 0.803. The number of hydrogen-bond donors (Lipinski definition) is 1. The van der Waals surface area contributed by atoms with Crippen molar-refractivity contribution in [3.05, 3.63) is 0 Å². The number of fused-ring (bicyclic) bond motifs is 2. The molecule has 2 heteroatoms. The maximum atomic E-state index is 3.78. The molecule has 116 valence electrons. The summed E-state index contributed by atoms with van der Waals surface area (Å²) in [5, 5.41) is 3.78. The molecule has 5 atom stereocenters. The van der Waals surface area contributed by atoms with Gasteiger partial charge in [0.25, 0.3) is 0 Å². The Labute approximate surface area is 125 Å². The molecule has 0 saturated heterocycles. The third-order valence-corrected chi connectivity index (χ3v) is 6.29. The highest BCUT2D eigenvalue weighted by atomic mass is 15.1. The summed E-state index contributed by atoms with van der Waals surface area (Å²) in [4.78, 5) is 2.67. The second kappa shape index (κ2) is 6.79. The van der Waals surface area contributed by atoms with Crippen LogP contribution in [0, 0.1) is 23.7 Å². The summed E-state index contributed by atoms with van der Waals surface area (Å²) >= 11 is 0. The Balaban J connectivity index is 1.42. The number of hydrogen-bond acceptors (Lipinski definition) is 2. The fourth-order valence-electron chi connectivity index (χ4n) is 5.33. The lowest BCUT2D eigenvalue weighted by Gasteiger charge is -2.31. The largest absolute Gasteiger partial charge is 0.314 e. The van der Waals surface area contributed by atoms with Crippen LogP contribution in [0.15, 0.2) is 0 Å². The molecule has 0 spiro atoms. The molecule has 0 aromatic carbocycles. The molecule has 0 amide bonds. The summed E-state index contributed by atoms with van der Waals surface area (Å²) in [7, 11) is 2.38. The van der Waals surface area contributed by atoms with E-state index in [-0.39, 0.29) is 0 Å². The lowest BCUT2D eigenvalue weighted by Crippen LogP contribution is -2.40. The monoisotopic (exact) mass is 278 g/mol. The van der Waals surface area contributed by atoms with Crippen molar-refractivity contribution in [2.75, 3.05) is 26.7 Å². The minimum absolute atomic E-state index is 0.803. The van der Waals surface area contributed by atoms with E-state index in [4.69, 9.17) is 0 Å². The van der Waals surface area contributed by atoms with Gasteiger partial charge >= 0.3 is 0 Å². The van der Waals surface area contributed by atoms with Crippen molar-refractivity contribution >= 4 is 0 Å². The summed E-state index contributed by atoms with van der Waals surface area (Å²) in [5.74, 6) is 4.12. The molecule has 20 heavy (non-hydrogen) atoms. The van der Waals surface area contributed by atoms with Crippen LogP contribution in [0.4, 0.5) is 0 Å². The van der Waals surface area contributed by atoms with Crippen LogP contribution in [-0.4, -0.2) is 37.6 Å². The van der Waals surface area contributed by atoms with E-state index in [1.54, 1.807) is 6.42 Å². The maximum Gasteiger partial charge on any atom is 0.0107 e. The van der Waals surface area contributed by atoms with E-state index >= 15 is 0 Å². The van der Waals surface area contributed by atoms with Crippen molar-refractivity contribution < 1.29 is 0 Å². The van der Waals surface area contributed by atoms with E-state index in [1.165, 1.54) is 64.6 Å². The smallest absolute Gasteiger partial charge is 0.0107 e. The third kappa shape index (κ3) is 3.39. The Morgan fingerprint density at radius 3 is 2.55 bits per heavy atom. The van der Waals surface area contributed by atoms with E-state index in [0.29, 0.717) is 0 Å². The highest BCUT2D eigenvalue weighted by Gasteiger charge is 2.40. The van der Waals surface area contributed by atoms with Crippen molar-refractivity contribution in [1.29, 1.82) is 0 Å². The van der Waals surface area contributed by atoms with E-state index in [2.05, 4.69) is 24.2 Å². The lowest BCUT2D eigenvalue weighted by atomic mass is 9.88. The Kier molecular flexibility index (Phi) is 5.04. The summed E-state index contributed by atoms with van der Waals surface area (Å²) in [5.41, 5.74) is 0. The van der Waals surface area contributed by atoms with Crippen molar-refractivity contribution in [3.63, 3.8) is 0 Å². The Hall–Kier alpha value is -0.0800. The molecule has 0 aromatic rings. The predicted molar refractivity (Wildman–Crippen MR) is 85.9 cm³/mol. The van der Waals surface area contributed by atoms with Gasteiger partial charge in [0.1, 0.15) is 0 Å². The molecule has 3 aliphatic carbocycles. The molecule has 3 fully saturated rings. The predicted octanol–water partition coefficient (Wildman–Crippen LogP) is 3.52. The SMILES string of the molecule is CCCNC1CCCC1CN(C)CC1CC2CCC1C2. The van der Waals surface area contributed by atoms with E-state index < -0.39 is 0 Å². The van der Waals surface area contributed by atoms with Crippen LogP contribution in [0.2, 0.25) is 0 Å². The van der Waals surface area contributed by atoms with Gasteiger partial charge in [0.2, 0.25) is 0 Å². The highest BCUT2D eigenvalue weighted by Crippen LogP contribution is 2.48. The molecule has 5 unspecified atom stereocenters. The van der Waals surface area contributed by atoms with Crippen molar-refractivity contribution in [2.24, 2.45) is 23.7 Å². The number of rotatable bonds is 7. The number of nitrogens with zero attached hydrogens (tertiary/aromatic N) is 1. The fourth-order valence-corrected chi connectivity index (χ4v) is 5.33. The van der Waals surface area contributed by atoms with Gasteiger partial charge in [-0.25, -0.2) is 0 Å². The summed E-state index contributed by atoms with van der Waals surface area (Å²) in [6.45, 7) is 6.18. The van der Waals surface area contributed by atoms with Gasteiger partial charge in [-0.1, -0.05) is 19.8 Å². The van der Waals surface area contributed by atoms with Crippen molar-refractivity contribution in [2.45, 2.75) is 64.3 Å². The first-order valence-corrected chi connectivity index (χ1v) is 9.18. The highest BCUT2D eigenvalue weighted by molar-refractivity contribution is 4.92. The molecular formula is C18H34N2. The van der Waals surface area contributed by atoms with Gasteiger partial charge in [0, 0.05) is 19.1 Å². The van der Waals surface area contributed by atoms with E-state index in [9.17, 15) is 0 Å². The van der Waals surface area contributed by atoms with E-state index in [1.807, 2.05) is 0 Å². The van der Waals surface area contributed by atoms with Gasteiger partial charge in [-0.2, -0.15) is 0 Å². The zero-order valence-corrected chi connectivity index (χ0v) is 13.6. The summed E-state index contributed by atoms with van der Waals surface area (Å²) < 4.78 is 0. The molecule has 1 N–H and O–H groups in total. The second-order valence-electron chi connectivity index (χ2n) is 7.91. The zero-order chi connectivity index (χ0) is 13.9. The molecule has 3 rings (SSSR count). The molecule has 0 aliphatic heterocycles. The summed E-state index contributed by atoms with van der Waals surface area (Å²) in [6.07, 6.45) is 11.7. The van der Waals surface area contributed by atoms with Crippen LogP contribution in [0.1, 0.15) is 58.3 Å². The molecule has 0 radical (unpaired) electrons. The first-order valence-electron chi connectivity index (χ1n) is 9.18. The normalized spacial score (nSPS) is 40.0. The van der Waals surface area contributed by atoms with Gasteiger partial charge in [0.15, 0.2) is 0 Å². The second-order valence-corrected chi connectivity index (χ2v) is 7.91. The average molecular weight is 278 g/mol. The summed E-state index contributed by atoms with van der Waals surface area (Å²) in [6, 6.07) is 0.803. The molecule has 3 aliphatic rings. The van der Waals surface area contributed by atoms with Crippen LogP contribution in [0.5, 0.6) is 0 Å². The first-order chi connectivity index (χ1) is 9.76. The standard InChI is InChI=1S/C18H34N2/c1-3-9-19-18-6-4-5-16(18)12-20(2)13-17-11-14-7-8-15(17)10-14/h14-19H,3-13H2,1-2H3. The topological polar surface area (TPSA) is 15.3 Å². The van der Waals surface area contributed by atoms with Crippen LogP contribution < -0.4 is 5.32 Å². The molecule has 3 saturated carbocycles. The van der Waals surface area contributed by atoms with Gasteiger partial charge in [-0.15, -0.1) is 0 Å². The molecule has 0 aromatic heterocycles. The Morgan fingerprint density at radius 1 is 1.00 bits per heavy atom. The lowest BCUT2D eigenvalue weighted by molar-refractivity contribution is 0.187. The van der Waals surface area contributed by atoms with Crippen LogP contribution >= 0.6 is 0 Å². The van der Waals surface area contributed by atoms with Crippen LogP contribution in [-0.2, 0) is 0 Å². The Bertz CT molecular complexity index is 304. The third-order valence-electron chi connectivity index (χ3n) is 6.29. The first kappa shape index (κ1) is 14.8. The quantitative estimate of drug-likeness (QED) is 0.766. The van der Waals surface area contributed by atoms with Gasteiger partial charge in [0.05, 0.1) is 0 Å². The number of nitrogens with one attached hydrogen (secondary N) is 1. The van der Waals surface area contributed by atoms with Crippen molar-refractivity contribution in [1.82, 2.24) is 10.2 Å². The van der Waals surface area contributed by atoms with Gasteiger partial charge < -0.3 is 10.2 Å². The van der Waals surface area contributed by atoms with Crippen molar-refractivity contribution in [3.8, 4) is 0 Å². The van der Waals surface area contributed by atoms with E-state index in [0.717, 1.165) is 29.7 Å². The van der Waals surface area contributed by atoms with Crippen LogP contribution in [0.3, 0.4) is 0 Å². The molecule has 2 nitrogen and oxygen atoms in total. The zero-order valence-electron chi connectivity index (χ0n) is 13.6. The average Bonchev–Trinajstić information content (AvgIpc) is 3.13. The van der Waals surface area contributed by atoms with Gasteiger partial charge in [-0.05, 0) is 75.8 Å². The van der Waals surface area contributed by atoms with Gasteiger partial charge in [-0.3, -0.25) is 0 Å². The van der Waals surface area contributed by atoms with Crippen LogP contribution in [0.25, 0.3) is 0 Å². The molecule has 2 bridgehead atoms. The minimum Gasteiger partial charge on any atom is -0.314 e.